The van der Waals surface area contributed by atoms with E-state index < -0.39 is 0 Å². The highest BCUT2D eigenvalue weighted by Gasteiger charge is 2.23. The van der Waals surface area contributed by atoms with Gasteiger partial charge in [-0.15, -0.1) is 11.3 Å². The number of pyridine rings is 1. The summed E-state index contributed by atoms with van der Waals surface area (Å²) in [5.74, 6) is 0.615. The Hall–Kier alpha value is -5.91. The van der Waals surface area contributed by atoms with Crippen molar-refractivity contribution in [1.29, 1.82) is 0 Å². The standard InChI is InChI=1S/C41H24N4S/c1-2-12-25(13-3-1)26-14-10-15-27(24-26)37-32-20-11-23-42-40(32)44-41(43-37)45-33-21-8-6-18-30(33)35-28-16-4-5-17-29(28)39-36(38(35)45)31-19-7-9-22-34(31)46-39/h1-24H. The van der Waals surface area contributed by atoms with Gasteiger partial charge >= 0.3 is 0 Å². The molecule has 0 bridgehead atoms. The van der Waals surface area contributed by atoms with E-state index in [9.17, 15) is 0 Å². The van der Waals surface area contributed by atoms with Crippen LogP contribution in [0.3, 0.4) is 0 Å². The number of benzene rings is 6. The van der Waals surface area contributed by atoms with E-state index in [1.807, 2.05) is 29.7 Å². The highest BCUT2D eigenvalue weighted by Crippen LogP contribution is 2.47. The fourth-order valence-corrected chi connectivity index (χ4v) is 8.32. The van der Waals surface area contributed by atoms with E-state index in [0.29, 0.717) is 11.6 Å². The Morgan fingerprint density at radius 3 is 2.09 bits per heavy atom. The van der Waals surface area contributed by atoms with Gasteiger partial charge in [-0.25, -0.2) is 9.97 Å². The van der Waals surface area contributed by atoms with E-state index in [-0.39, 0.29) is 0 Å². The molecule has 214 valence electrons. The lowest BCUT2D eigenvalue weighted by molar-refractivity contribution is 1.01. The molecule has 4 aromatic heterocycles. The quantitative estimate of drug-likeness (QED) is 0.201. The average molecular weight is 605 g/mol. The van der Waals surface area contributed by atoms with Crippen molar-refractivity contribution in [2.45, 2.75) is 0 Å². The summed E-state index contributed by atoms with van der Waals surface area (Å²) < 4.78 is 4.83. The second-order valence-electron chi connectivity index (χ2n) is 11.6. The van der Waals surface area contributed by atoms with Crippen LogP contribution in [0.25, 0.3) is 92.1 Å². The van der Waals surface area contributed by atoms with Crippen LogP contribution in [0.2, 0.25) is 0 Å². The number of thiophene rings is 1. The van der Waals surface area contributed by atoms with Gasteiger partial charge in [-0.3, -0.25) is 4.57 Å². The number of nitrogens with zero attached hydrogens (tertiary/aromatic N) is 4. The summed E-state index contributed by atoms with van der Waals surface area (Å²) in [5, 5.41) is 8.33. The number of aromatic nitrogens is 4. The van der Waals surface area contributed by atoms with Gasteiger partial charge in [-0.05, 0) is 46.8 Å². The van der Waals surface area contributed by atoms with E-state index in [0.717, 1.165) is 33.2 Å². The van der Waals surface area contributed by atoms with Crippen molar-refractivity contribution in [3.8, 4) is 28.3 Å². The SMILES string of the molecule is c1ccc(-c2cccc(-c3nc(-n4c5ccccc5c5c6ccccc6c6sc7ccccc7c6c54)nc4ncccc34)c2)cc1. The van der Waals surface area contributed by atoms with Crippen LogP contribution in [0, 0.1) is 0 Å². The molecular formula is C41H24N4S. The highest BCUT2D eigenvalue weighted by atomic mass is 32.1. The predicted molar refractivity (Wildman–Crippen MR) is 193 cm³/mol. The van der Waals surface area contributed by atoms with Crippen LogP contribution >= 0.6 is 11.3 Å². The minimum absolute atomic E-state index is 0.615. The summed E-state index contributed by atoms with van der Waals surface area (Å²) in [6.45, 7) is 0. The molecular weight excluding hydrogens is 581 g/mol. The third-order valence-corrected chi connectivity index (χ3v) is 10.3. The molecule has 0 radical (unpaired) electrons. The van der Waals surface area contributed by atoms with Crippen molar-refractivity contribution in [3.63, 3.8) is 0 Å². The van der Waals surface area contributed by atoms with Crippen LogP contribution in [0.15, 0.2) is 146 Å². The zero-order valence-electron chi connectivity index (χ0n) is 24.6. The fourth-order valence-electron chi connectivity index (χ4n) is 7.07. The Kier molecular flexibility index (Phi) is 5.41. The van der Waals surface area contributed by atoms with Crippen LogP contribution in [0.5, 0.6) is 0 Å². The van der Waals surface area contributed by atoms with E-state index in [1.165, 1.54) is 47.3 Å². The average Bonchev–Trinajstić information content (AvgIpc) is 3.68. The van der Waals surface area contributed by atoms with E-state index in [1.54, 1.807) is 0 Å². The molecule has 6 aromatic carbocycles. The lowest BCUT2D eigenvalue weighted by Crippen LogP contribution is -2.04. The van der Waals surface area contributed by atoms with Crippen LogP contribution in [0.1, 0.15) is 0 Å². The van der Waals surface area contributed by atoms with Gasteiger partial charge in [-0.2, -0.15) is 4.98 Å². The lowest BCUT2D eigenvalue weighted by atomic mass is 10.00. The summed E-state index contributed by atoms with van der Waals surface area (Å²) in [7, 11) is 0. The summed E-state index contributed by atoms with van der Waals surface area (Å²) in [5.41, 5.74) is 7.08. The first-order valence-corrected chi connectivity index (χ1v) is 16.2. The van der Waals surface area contributed by atoms with Crippen LogP contribution in [-0.2, 0) is 0 Å². The molecule has 0 atom stereocenters. The maximum Gasteiger partial charge on any atom is 0.237 e. The molecule has 10 aromatic rings. The van der Waals surface area contributed by atoms with E-state index in [2.05, 4.69) is 132 Å². The molecule has 4 nitrogen and oxygen atoms in total. The molecule has 0 aliphatic heterocycles. The van der Waals surface area contributed by atoms with E-state index >= 15 is 0 Å². The minimum atomic E-state index is 0.615. The Morgan fingerprint density at radius 1 is 0.500 bits per heavy atom. The molecule has 0 N–H and O–H groups in total. The first kappa shape index (κ1) is 25.4. The second kappa shape index (κ2) is 9.80. The molecule has 0 aliphatic rings. The van der Waals surface area contributed by atoms with Gasteiger partial charge in [0.1, 0.15) is 0 Å². The fraction of sp³-hybridized carbons (Fsp3) is 0. The molecule has 0 aliphatic carbocycles. The van der Waals surface area contributed by atoms with Gasteiger partial charge in [0.2, 0.25) is 5.95 Å². The third kappa shape index (κ3) is 3.63. The first-order chi connectivity index (χ1) is 22.8. The van der Waals surface area contributed by atoms with Crippen molar-refractivity contribution >= 4 is 75.1 Å². The Labute approximate surface area is 267 Å². The molecule has 0 spiro atoms. The Balaban J connectivity index is 1.37. The lowest BCUT2D eigenvalue weighted by Gasteiger charge is -2.13. The van der Waals surface area contributed by atoms with Gasteiger partial charge in [0.25, 0.3) is 0 Å². The Morgan fingerprint density at radius 2 is 1.20 bits per heavy atom. The van der Waals surface area contributed by atoms with Crippen LogP contribution in [0.4, 0.5) is 0 Å². The van der Waals surface area contributed by atoms with Crippen molar-refractivity contribution in [1.82, 2.24) is 19.5 Å². The van der Waals surface area contributed by atoms with Crippen LogP contribution < -0.4 is 0 Å². The van der Waals surface area contributed by atoms with E-state index in [4.69, 9.17) is 15.0 Å². The van der Waals surface area contributed by atoms with Gasteiger partial charge < -0.3 is 0 Å². The second-order valence-corrected chi connectivity index (χ2v) is 12.7. The van der Waals surface area contributed by atoms with Crippen molar-refractivity contribution in [3.05, 3.63) is 146 Å². The first-order valence-electron chi connectivity index (χ1n) is 15.4. The molecule has 0 saturated carbocycles. The van der Waals surface area contributed by atoms with Gasteiger partial charge in [-0.1, -0.05) is 109 Å². The van der Waals surface area contributed by atoms with Crippen molar-refractivity contribution < 1.29 is 0 Å². The molecule has 46 heavy (non-hydrogen) atoms. The van der Waals surface area contributed by atoms with Gasteiger partial charge in [0, 0.05) is 53.5 Å². The topological polar surface area (TPSA) is 43.6 Å². The predicted octanol–water partition coefficient (Wildman–Crippen LogP) is 11.0. The number of rotatable bonds is 3. The molecule has 0 amide bonds. The highest BCUT2D eigenvalue weighted by molar-refractivity contribution is 7.27. The van der Waals surface area contributed by atoms with Crippen molar-refractivity contribution in [2.75, 3.05) is 0 Å². The summed E-state index contributed by atoms with van der Waals surface area (Å²) >= 11 is 1.86. The van der Waals surface area contributed by atoms with Crippen molar-refractivity contribution in [2.24, 2.45) is 0 Å². The minimum Gasteiger partial charge on any atom is -0.277 e. The number of para-hydroxylation sites is 1. The van der Waals surface area contributed by atoms with Gasteiger partial charge in [0.05, 0.1) is 16.7 Å². The number of hydrogen-bond acceptors (Lipinski definition) is 4. The maximum atomic E-state index is 5.42. The summed E-state index contributed by atoms with van der Waals surface area (Å²) in [6.07, 6.45) is 1.81. The monoisotopic (exact) mass is 604 g/mol. The molecule has 5 heteroatoms. The molecule has 0 fully saturated rings. The number of fused-ring (bicyclic) bond motifs is 11. The van der Waals surface area contributed by atoms with Crippen LogP contribution in [-0.4, -0.2) is 19.5 Å². The third-order valence-electron chi connectivity index (χ3n) is 9.05. The molecule has 0 saturated heterocycles. The number of hydrogen-bond donors (Lipinski definition) is 0. The maximum absolute atomic E-state index is 5.42. The normalized spacial score (nSPS) is 11.9. The zero-order chi connectivity index (χ0) is 30.2. The van der Waals surface area contributed by atoms with Gasteiger partial charge in [0.15, 0.2) is 5.65 Å². The molecule has 4 heterocycles. The summed E-state index contributed by atoms with van der Waals surface area (Å²) in [6, 6.07) is 49.3. The Bertz CT molecular complexity index is 2810. The largest absolute Gasteiger partial charge is 0.277 e. The smallest absolute Gasteiger partial charge is 0.237 e. The summed E-state index contributed by atoms with van der Waals surface area (Å²) in [4.78, 5) is 15.4. The zero-order valence-corrected chi connectivity index (χ0v) is 25.4. The molecule has 10 rings (SSSR count). The molecule has 0 unspecified atom stereocenters.